The lowest BCUT2D eigenvalue weighted by Crippen LogP contribution is -2.23. The second-order valence-corrected chi connectivity index (χ2v) is 4.98. The van der Waals surface area contributed by atoms with Crippen molar-refractivity contribution >= 4 is 28.8 Å². The van der Waals surface area contributed by atoms with Crippen LogP contribution in [-0.4, -0.2) is 4.99 Å². The molecule has 0 fully saturated rings. The summed E-state index contributed by atoms with van der Waals surface area (Å²) in [5.74, 6) is 0. The van der Waals surface area contributed by atoms with Gasteiger partial charge in [0.2, 0.25) is 0 Å². The van der Waals surface area contributed by atoms with Crippen molar-refractivity contribution in [2.75, 3.05) is 0 Å². The highest BCUT2D eigenvalue weighted by Gasteiger charge is 2.12. The maximum absolute atomic E-state index is 9.08. The molecule has 0 radical (unpaired) electrons. The number of rotatable bonds is 5. The third-order valence-corrected chi connectivity index (χ3v) is 3.23. The van der Waals surface area contributed by atoms with Gasteiger partial charge in [-0.3, -0.25) is 0 Å². The predicted octanol–water partition coefficient (Wildman–Crippen LogP) is 3.46. The van der Waals surface area contributed by atoms with Crippen LogP contribution in [0.15, 0.2) is 35.5 Å². The summed E-state index contributed by atoms with van der Waals surface area (Å²) in [6, 6.07) is 9.66. The summed E-state index contributed by atoms with van der Waals surface area (Å²) in [6.45, 7) is 3.96. The Morgan fingerprint density at radius 1 is 1.47 bits per heavy atom. The van der Waals surface area contributed by atoms with Gasteiger partial charge in [-0.15, -0.1) is 0 Å². The van der Waals surface area contributed by atoms with E-state index in [-0.39, 0.29) is 11.0 Å². The minimum Gasteiger partial charge on any atom is -0.389 e. The fourth-order valence-electron chi connectivity index (χ4n) is 1.72. The molecule has 0 aliphatic heterocycles. The van der Waals surface area contributed by atoms with Gasteiger partial charge >= 0.3 is 0 Å². The van der Waals surface area contributed by atoms with E-state index in [1.807, 2.05) is 44.2 Å². The van der Waals surface area contributed by atoms with Crippen LogP contribution < -0.4 is 11.1 Å². The standard InChI is InChI=1S/C14H16ClN3S/c1-3-13(12(8-16)14(17)19)18-9(2)10-4-6-11(15)7-5-10/h4-7,9,18H,3H2,1-2H3,(H2,17,19). The molecule has 0 heterocycles. The molecular weight excluding hydrogens is 278 g/mol. The van der Waals surface area contributed by atoms with Crippen LogP contribution in [-0.2, 0) is 0 Å². The highest BCUT2D eigenvalue weighted by molar-refractivity contribution is 7.80. The molecular formula is C14H16ClN3S. The quantitative estimate of drug-likeness (QED) is 0.496. The molecule has 3 nitrogen and oxygen atoms in total. The lowest BCUT2D eigenvalue weighted by molar-refractivity contribution is 0.634. The van der Waals surface area contributed by atoms with Gasteiger partial charge in [-0.25, -0.2) is 0 Å². The lowest BCUT2D eigenvalue weighted by Gasteiger charge is -2.19. The topological polar surface area (TPSA) is 61.8 Å². The van der Waals surface area contributed by atoms with Crippen molar-refractivity contribution in [2.24, 2.45) is 5.73 Å². The zero-order valence-electron chi connectivity index (χ0n) is 10.9. The maximum Gasteiger partial charge on any atom is 0.116 e. The molecule has 0 saturated heterocycles. The van der Waals surface area contributed by atoms with Crippen LogP contribution in [0.3, 0.4) is 0 Å². The van der Waals surface area contributed by atoms with E-state index in [0.29, 0.717) is 17.0 Å². The molecule has 1 unspecified atom stereocenters. The van der Waals surface area contributed by atoms with Gasteiger partial charge in [-0.05, 0) is 31.0 Å². The summed E-state index contributed by atoms with van der Waals surface area (Å²) < 4.78 is 0. The fourth-order valence-corrected chi connectivity index (χ4v) is 2.01. The molecule has 3 N–H and O–H groups in total. The molecule has 1 atom stereocenters. The fraction of sp³-hybridized carbons (Fsp3) is 0.286. The summed E-state index contributed by atoms with van der Waals surface area (Å²) in [5, 5.41) is 13.1. The summed E-state index contributed by atoms with van der Waals surface area (Å²) in [4.78, 5) is 0.121. The van der Waals surface area contributed by atoms with Gasteiger partial charge in [-0.2, -0.15) is 5.26 Å². The minimum atomic E-state index is 0.0462. The Labute approximate surface area is 124 Å². The number of allylic oxidation sites excluding steroid dienone is 1. The molecule has 0 aliphatic rings. The number of nitrogens with one attached hydrogen (secondary N) is 1. The van der Waals surface area contributed by atoms with E-state index in [0.717, 1.165) is 11.3 Å². The van der Waals surface area contributed by atoms with E-state index < -0.39 is 0 Å². The molecule has 0 bridgehead atoms. The molecule has 0 saturated carbocycles. The van der Waals surface area contributed by atoms with Crippen LogP contribution in [0.1, 0.15) is 31.9 Å². The maximum atomic E-state index is 9.08. The third kappa shape index (κ3) is 4.23. The number of halogens is 1. The molecule has 1 rings (SSSR count). The molecule has 0 aliphatic carbocycles. The Morgan fingerprint density at radius 3 is 2.47 bits per heavy atom. The van der Waals surface area contributed by atoms with E-state index in [1.54, 1.807) is 0 Å². The average Bonchev–Trinajstić information content (AvgIpc) is 2.38. The molecule has 100 valence electrons. The monoisotopic (exact) mass is 293 g/mol. The van der Waals surface area contributed by atoms with Crippen LogP contribution in [0.4, 0.5) is 0 Å². The molecule has 1 aromatic carbocycles. The van der Waals surface area contributed by atoms with E-state index in [4.69, 9.17) is 34.8 Å². The highest BCUT2D eigenvalue weighted by Crippen LogP contribution is 2.19. The van der Waals surface area contributed by atoms with Crippen LogP contribution in [0.25, 0.3) is 0 Å². The summed E-state index contributed by atoms with van der Waals surface area (Å²) in [6.07, 6.45) is 0.665. The number of hydrogen-bond donors (Lipinski definition) is 2. The molecule has 0 spiro atoms. The molecule has 5 heteroatoms. The Hall–Kier alpha value is -1.57. The van der Waals surface area contributed by atoms with Crippen molar-refractivity contribution in [3.8, 4) is 6.07 Å². The first-order valence-corrected chi connectivity index (χ1v) is 6.73. The van der Waals surface area contributed by atoms with Gasteiger partial charge in [0.25, 0.3) is 0 Å². The summed E-state index contributed by atoms with van der Waals surface area (Å²) >= 11 is 10.7. The zero-order chi connectivity index (χ0) is 14.4. The average molecular weight is 294 g/mol. The van der Waals surface area contributed by atoms with Gasteiger partial charge in [-0.1, -0.05) is 42.9 Å². The Balaban J connectivity index is 2.96. The zero-order valence-corrected chi connectivity index (χ0v) is 12.5. The van der Waals surface area contributed by atoms with Crippen LogP contribution in [0, 0.1) is 11.3 Å². The van der Waals surface area contributed by atoms with E-state index >= 15 is 0 Å². The summed E-state index contributed by atoms with van der Waals surface area (Å²) in [5.41, 5.74) is 7.74. The van der Waals surface area contributed by atoms with Crippen LogP contribution in [0.5, 0.6) is 0 Å². The normalized spacial score (nSPS) is 13.2. The largest absolute Gasteiger partial charge is 0.389 e. The van der Waals surface area contributed by atoms with Crippen molar-refractivity contribution < 1.29 is 0 Å². The number of nitrogens with zero attached hydrogens (tertiary/aromatic N) is 1. The van der Waals surface area contributed by atoms with Crippen LogP contribution in [0.2, 0.25) is 5.02 Å². The van der Waals surface area contributed by atoms with Crippen molar-refractivity contribution in [3.05, 3.63) is 46.1 Å². The number of nitrogens with two attached hydrogens (primary N) is 1. The van der Waals surface area contributed by atoms with Crippen molar-refractivity contribution in [1.82, 2.24) is 5.32 Å². The van der Waals surface area contributed by atoms with Crippen LogP contribution >= 0.6 is 23.8 Å². The van der Waals surface area contributed by atoms with Gasteiger partial charge in [0, 0.05) is 16.8 Å². The lowest BCUT2D eigenvalue weighted by atomic mass is 10.1. The van der Waals surface area contributed by atoms with Crippen molar-refractivity contribution in [3.63, 3.8) is 0 Å². The number of nitriles is 1. The second-order valence-electron chi connectivity index (χ2n) is 4.10. The van der Waals surface area contributed by atoms with Gasteiger partial charge in [0.15, 0.2) is 0 Å². The van der Waals surface area contributed by atoms with Gasteiger partial charge < -0.3 is 11.1 Å². The highest BCUT2D eigenvalue weighted by atomic mass is 35.5. The smallest absolute Gasteiger partial charge is 0.116 e. The van der Waals surface area contributed by atoms with E-state index in [9.17, 15) is 0 Å². The Morgan fingerprint density at radius 2 is 2.05 bits per heavy atom. The molecule has 19 heavy (non-hydrogen) atoms. The Kier molecular flexibility index (Phi) is 5.81. The number of hydrogen-bond acceptors (Lipinski definition) is 3. The first kappa shape index (κ1) is 15.5. The van der Waals surface area contributed by atoms with Crippen molar-refractivity contribution in [1.29, 1.82) is 5.26 Å². The second kappa shape index (κ2) is 7.13. The number of benzene rings is 1. The SMILES string of the molecule is CCC(NC(C)c1ccc(Cl)cc1)=C(C#N)C(N)=S. The van der Waals surface area contributed by atoms with Crippen molar-refractivity contribution in [2.45, 2.75) is 26.3 Å². The summed E-state index contributed by atoms with van der Waals surface area (Å²) in [7, 11) is 0. The van der Waals surface area contributed by atoms with Gasteiger partial charge in [0.1, 0.15) is 16.6 Å². The predicted molar refractivity (Wildman–Crippen MR) is 82.7 cm³/mol. The molecule has 1 aromatic rings. The van der Waals surface area contributed by atoms with E-state index in [1.165, 1.54) is 0 Å². The minimum absolute atomic E-state index is 0.0462. The molecule has 0 amide bonds. The first-order valence-electron chi connectivity index (χ1n) is 5.94. The first-order chi connectivity index (χ1) is 8.99. The number of thiocarbonyl (C=S) groups is 1. The van der Waals surface area contributed by atoms with Gasteiger partial charge in [0.05, 0.1) is 0 Å². The Bertz CT molecular complexity index is 529. The third-order valence-electron chi connectivity index (χ3n) is 2.77. The molecule has 0 aromatic heterocycles. The van der Waals surface area contributed by atoms with E-state index in [2.05, 4.69) is 5.32 Å².